The van der Waals surface area contributed by atoms with Gasteiger partial charge in [-0.05, 0) is 42.0 Å². The average molecular weight is 508 g/mol. The molecule has 0 saturated carbocycles. The van der Waals surface area contributed by atoms with Gasteiger partial charge in [0.1, 0.15) is 17.2 Å². The van der Waals surface area contributed by atoms with Crippen molar-refractivity contribution in [1.29, 1.82) is 0 Å². The average Bonchev–Trinajstić information content (AvgIpc) is 2.81. The molecule has 1 saturated heterocycles. The number of carbonyl (C=O) groups is 1. The lowest BCUT2D eigenvalue weighted by atomic mass is 10.0. The number of urea groups is 1. The summed E-state index contributed by atoms with van der Waals surface area (Å²) in [5.41, 5.74) is -0.198. The number of morpholine rings is 1. The fourth-order valence-corrected chi connectivity index (χ4v) is 3.59. The van der Waals surface area contributed by atoms with Crippen LogP contribution in [0.3, 0.4) is 0 Å². The molecule has 1 aliphatic heterocycles. The summed E-state index contributed by atoms with van der Waals surface area (Å²) < 4.78 is 51.8. The van der Waals surface area contributed by atoms with Crippen LogP contribution in [0.15, 0.2) is 54.9 Å². The van der Waals surface area contributed by atoms with E-state index in [-0.39, 0.29) is 28.8 Å². The summed E-state index contributed by atoms with van der Waals surface area (Å²) in [6.45, 7) is 2.26. The molecule has 1 fully saturated rings. The number of rotatable bonds is 6. The number of hydrogen-bond donors (Lipinski definition) is 2. The third kappa shape index (κ3) is 7.04. The van der Waals surface area contributed by atoms with E-state index < -0.39 is 17.8 Å². The summed E-state index contributed by atoms with van der Waals surface area (Å²) in [5.74, 6) is 0.692. The molecule has 3 aromatic rings. The van der Waals surface area contributed by atoms with Crippen molar-refractivity contribution in [2.75, 3.05) is 36.9 Å². The molecule has 1 aliphatic rings. The van der Waals surface area contributed by atoms with Gasteiger partial charge in [0.15, 0.2) is 0 Å². The quantitative estimate of drug-likeness (QED) is 0.433. The lowest BCUT2D eigenvalue weighted by Gasteiger charge is -2.27. The fourth-order valence-electron chi connectivity index (χ4n) is 3.45. The monoisotopic (exact) mass is 507 g/mol. The molecule has 0 bridgehead atoms. The van der Waals surface area contributed by atoms with E-state index in [1.54, 1.807) is 24.3 Å². The molecular formula is C23H21ClF3N5O3. The van der Waals surface area contributed by atoms with Crippen LogP contribution in [0.1, 0.15) is 11.1 Å². The van der Waals surface area contributed by atoms with Gasteiger partial charge in [0, 0.05) is 37.1 Å². The Morgan fingerprint density at radius 1 is 1.03 bits per heavy atom. The largest absolute Gasteiger partial charge is 0.439 e. The van der Waals surface area contributed by atoms with Crippen LogP contribution in [0.25, 0.3) is 0 Å². The van der Waals surface area contributed by atoms with Gasteiger partial charge < -0.3 is 20.1 Å². The minimum atomic E-state index is -4.56. The molecule has 1 aromatic heterocycles. The minimum Gasteiger partial charge on any atom is -0.439 e. The SMILES string of the molecule is O=C(Nc1ccc(Oc2cc(Cl)ncn2)cc1)Nc1ccc(CN2CCOCC2)c(C(F)(F)F)c1. The number of hydrogen-bond acceptors (Lipinski definition) is 6. The highest BCUT2D eigenvalue weighted by molar-refractivity contribution is 6.29. The number of carbonyl (C=O) groups excluding carboxylic acids is 1. The summed E-state index contributed by atoms with van der Waals surface area (Å²) in [6.07, 6.45) is -3.29. The molecule has 0 aliphatic carbocycles. The molecule has 0 spiro atoms. The van der Waals surface area contributed by atoms with Crippen molar-refractivity contribution in [2.24, 2.45) is 0 Å². The van der Waals surface area contributed by atoms with Gasteiger partial charge in [0.2, 0.25) is 5.88 Å². The number of aromatic nitrogens is 2. The summed E-state index contributed by atoms with van der Waals surface area (Å²) in [6, 6.07) is 10.9. The van der Waals surface area contributed by atoms with Crippen molar-refractivity contribution in [3.63, 3.8) is 0 Å². The second kappa shape index (κ2) is 10.9. The normalized spacial score (nSPS) is 14.4. The highest BCUT2D eigenvalue weighted by atomic mass is 35.5. The Bertz CT molecular complexity index is 1170. The molecule has 2 heterocycles. The summed E-state index contributed by atoms with van der Waals surface area (Å²) >= 11 is 5.79. The van der Waals surface area contributed by atoms with Crippen LogP contribution in [0.5, 0.6) is 11.6 Å². The standard InChI is InChI=1S/C23H21ClF3N5O3/c24-20-12-21(29-14-28-20)35-18-5-3-16(4-6-18)30-22(33)31-17-2-1-15(19(11-17)23(25,26)27)13-32-7-9-34-10-8-32/h1-6,11-12,14H,7-10,13H2,(H2,30,31,33). The third-order valence-electron chi connectivity index (χ3n) is 5.11. The Kier molecular flexibility index (Phi) is 7.69. The van der Waals surface area contributed by atoms with Crippen molar-refractivity contribution >= 4 is 29.0 Å². The Morgan fingerprint density at radius 2 is 1.71 bits per heavy atom. The zero-order chi connectivity index (χ0) is 24.8. The van der Waals surface area contributed by atoms with Gasteiger partial charge in [-0.2, -0.15) is 13.2 Å². The van der Waals surface area contributed by atoms with Crippen LogP contribution in [-0.2, 0) is 17.5 Å². The van der Waals surface area contributed by atoms with E-state index in [2.05, 4.69) is 20.6 Å². The van der Waals surface area contributed by atoms with E-state index in [9.17, 15) is 18.0 Å². The number of ether oxygens (including phenoxy) is 2. The molecule has 0 unspecified atom stereocenters. The Balaban J connectivity index is 1.39. The van der Waals surface area contributed by atoms with Crippen molar-refractivity contribution in [3.05, 3.63) is 71.1 Å². The number of halogens is 4. The van der Waals surface area contributed by atoms with E-state index >= 15 is 0 Å². The summed E-state index contributed by atoms with van der Waals surface area (Å²) in [4.78, 5) is 22.0. The first-order valence-electron chi connectivity index (χ1n) is 10.6. The predicted octanol–water partition coefficient (Wildman–Crippen LogP) is 5.42. The molecule has 12 heteroatoms. The number of nitrogens with zero attached hydrogens (tertiary/aromatic N) is 3. The summed E-state index contributed by atoms with van der Waals surface area (Å²) in [5, 5.41) is 5.25. The number of alkyl halides is 3. The van der Waals surface area contributed by atoms with Gasteiger partial charge in [0.25, 0.3) is 0 Å². The highest BCUT2D eigenvalue weighted by Crippen LogP contribution is 2.34. The molecule has 0 atom stereocenters. The maximum absolute atomic E-state index is 13.7. The number of amides is 2. The maximum Gasteiger partial charge on any atom is 0.416 e. The van der Waals surface area contributed by atoms with E-state index in [4.69, 9.17) is 21.1 Å². The van der Waals surface area contributed by atoms with E-state index in [0.717, 1.165) is 6.07 Å². The first-order chi connectivity index (χ1) is 16.8. The van der Waals surface area contributed by atoms with Crippen LogP contribution >= 0.6 is 11.6 Å². The maximum atomic E-state index is 13.7. The van der Waals surface area contributed by atoms with Crippen LogP contribution in [-0.4, -0.2) is 47.2 Å². The van der Waals surface area contributed by atoms with Crippen LogP contribution in [0.2, 0.25) is 5.15 Å². The first-order valence-corrected chi connectivity index (χ1v) is 11.0. The zero-order valence-corrected chi connectivity index (χ0v) is 19.1. The second-order valence-electron chi connectivity index (χ2n) is 7.64. The predicted molar refractivity (Wildman–Crippen MR) is 124 cm³/mol. The van der Waals surface area contributed by atoms with Crippen LogP contribution < -0.4 is 15.4 Å². The Hall–Kier alpha value is -3.41. The van der Waals surface area contributed by atoms with Crippen molar-refractivity contribution < 1.29 is 27.4 Å². The van der Waals surface area contributed by atoms with Gasteiger partial charge in [-0.25, -0.2) is 14.8 Å². The second-order valence-corrected chi connectivity index (χ2v) is 8.03. The van der Waals surface area contributed by atoms with Crippen molar-refractivity contribution in [3.8, 4) is 11.6 Å². The van der Waals surface area contributed by atoms with E-state index in [0.29, 0.717) is 37.7 Å². The minimum absolute atomic E-state index is 0.0288. The van der Waals surface area contributed by atoms with Gasteiger partial charge in [-0.1, -0.05) is 17.7 Å². The lowest BCUT2D eigenvalue weighted by Crippen LogP contribution is -2.36. The fraction of sp³-hybridized carbons (Fsp3) is 0.261. The van der Waals surface area contributed by atoms with Crippen molar-refractivity contribution in [2.45, 2.75) is 12.7 Å². The Morgan fingerprint density at radius 3 is 2.40 bits per heavy atom. The van der Waals surface area contributed by atoms with Gasteiger partial charge in [0.05, 0.1) is 18.8 Å². The Labute approximate surface area is 204 Å². The molecule has 35 heavy (non-hydrogen) atoms. The molecule has 8 nitrogen and oxygen atoms in total. The van der Waals surface area contributed by atoms with Crippen molar-refractivity contribution in [1.82, 2.24) is 14.9 Å². The van der Waals surface area contributed by atoms with E-state index in [1.807, 2.05) is 4.90 Å². The molecule has 2 aromatic carbocycles. The zero-order valence-electron chi connectivity index (χ0n) is 18.3. The smallest absolute Gasteiger partial charge is 0.416 e. The van der Waals surface area contributed by atoms with Crippen LogP contribution in [0, 0.1) is 0 Å². The first kappa shape index (κ1) is 24.7. The highest BCUT2D eigenvalue weighted by Gasteiger charge is 2.34. The summed E-state index contributed by atoms with van der Waals surface area (Å²) in [7, 11) is 0. The molecule has 2 N–H and O–H groups in total. The number of anilines is 2. The third-order valence-corrected chi connectivity index (χ3v) is 5.32. The van der Waals surface area contributed by atoms with Gasteiger partial charge in [-0.3, -0.25) is 4.90 Å². The number of benzene rings is 2. The molecule has 4 rings (SSSR count). The van der Waals surface area contributed by atoms with Crippen LogP contribution in [0.4, 0.5) is 29.3 Å². The molecule has 0 radical (unpaired) electrons. The lowest BCUT2D eigenvalue weighted by molar-refractivity contribution is -0.138. The van der Waals surface area contributed by atoms with Gasteiger partial charge in [-0.15, -0.1) is 0 Å². The molecule has 2 amide bonds. The van der Waals surface area contributed by atoms with E-state index in [1.165, 1.54) is 24.5 Å². The molecular weight excluding hydrogens is 487 g/mol. The molecule has 184 valence electrons. The van der Waals surface area contributed by atoms with Gasteiger partial charge >= 0.3 is 12.2 Å². The topological polar surface area (TPSA) is 88.6 Å². The number of nitrogens with one attached hydrogen (secondary N) is 2.